The summed E-state index contributed by atoms with van der Waals surface area (Å²) >= 11 is 0. The Labute approximate surface area is 146 Å². The number of methoxy groups -OCH3 is 1. The fraction of sp³-hybridized carbons (Fsp3) is 0.350. The second kappa shape index (κ2) is 6.56. The second-order valence-electron chi connectivity index (χ2n) is 6.69. The zero-order chi connectivity index (χ0) is 18.1. The van der Waals surface area contributed by atoms with Gasteiger partial charge in [0, 0.05) is 12.7 Å². The van der Waals surface area contributed by atoms with Crippen LogP contribution in [0.5, 0.6) is 0 Å². The third kappa shape index (κ3) is 3.29. The highest BCUT2D eigenvalue weighted by molar-refractivity contribution is 5.91. The van der Waals surface area contributed by atoms with Crippen molar-refractivity contribution in [2.24, 2.45) is 0 Å². The first-order valence-corrected chi connectivity index (χ1v) is 8.26. The summed E-state index contributed by atoms with van der Waals surface area (Å²) in [6.45, 7) is 1.88. The SMILES string of the molecule is CO[C@@](C)(CNC(=O)C1(c2ccc(F)cc2)CC1)c1ccccc1F. The van der Waals surface area contributed by atoms with E-state index in [2.05, 4.69) is 5.32 Å². The monoisotopic (exact) mass is 345 g/mol. The quantitative estimate of drug-likeness (QED) is 0.867. The van der Waals surface area contributed by atoms with E-state index >= 15 is 0 Å². The molecule has 0 heterocycles. The molecule has 1 amide bonds. The number of hydrogen-bond donors (Lipinski definition) is 1. The molecule has 25 heavy (non-hydrogen) atoms. The van der Waals surface area contributed by atoms with Crippen LogP contribution >= 0.6 is 0 Å². The summed E-state index contributed by atoms with van der Waals surface area (Å²) in [6.07, 6.45) is 1.43. The zero-order valence-corrected chi connectivity index (χ0v) is 14.3. The van der Waals surface area contributed by atoms with Gasteiger partial charge in [0.05, 0.1) is 12.0 Å². The number of carbonyl (C=O) groups excluding carboxylic acids is 1. The molecule has 3 rings (SSSR count). The molecule has 132 valence electrons. The summed E-state index contributed by atoms with van der Waals surface area (Å²) in [5, 5.41) is 2.89. The van der Waals surface area contributed by atoms with Gasteiger partial charge in [0.25, 0.3) is 0 Å². The molecule has 1 aliphatic carbocycles. The zero-order valence-electron chi connectivity index (χ0n) is 14.3. The number of rotatable bonds is 6. The Hall–Kier alpha value is -2.27. The predicted octanol–water partition coefficient (Wildman–Crippen LogP) is 3.67. The highest BCUT2D eigenvalue weighted by Gasteiger charge is 2.51. The molecule has 0 saturated heterocycles. The van der Waals surface area contributed by atoms with Crippen LogP contribution in [-0.4, -0.2) is 19.6 Å². The van der Waals surface area contributed by atoms with Crippen molar-refractivity contribution in [1.29, 1.82) is 0 Å². The van der Waals surface area contributed by atoms with Gasteiger partial charge >= 0.3 is 0 Å². The van der Waals surface area contributed by atoms with Gasteiger partial charge in [0.2, 0.25) is 5.91 Å². The summed E-state index contributed by atoms with van der Waals surface area (Å²) < 4.78 is 32.7. The number of amides is 1. The van der Waals surface area contributed by atoms with Gasteiger partial charge in [-0.3, -0.25) is 4.79 Å². The molecule has 0 aromatic heterocycles. The van der Waals surface area contributed by atoms with Gasteiger partial charge in [-0.05, 0) is 43.5 Å². The minimum Gasteiger partial charge on any atom is -0.372 e. The number of nitrogens with one attached hydrogen (secondary N) is 1. The van der Waals surface area contributed by atoms with Crippen LogP contribution in [0.1, 0.15) is 30.9 Å². The molecule has 0 unspecified atom stereocenters. The lowest BCUT2D eigenvalue weighted by atomic mass is 9.92. The van der Waals surface area contributed by atoms with E-state index in [9.17, 15) is 13.6 Å². The Bertz CT molecular complexity index is 772. The molecule has 2 aromatic rings. The van der Waals surface area contributed by atoms with E-state index in [4.69, 9.17) is 4.74 Å². The minimum atomic E-state index is -0.972. The Kier molecular flexibility index (Phi) is 4.60. The molecule has 5 heteroatoms. The Morgan fingerprint density at radius 1 is 1.16 bits per heavy atom. The van der Waals surface area contributed by atoms with Crippen molar-refractivity contribution in [1.82, 2.24) is 5.32 Å². The fourth-order valence-electron chi connectivity index (χ4n) is 3.13. The average molecular weight is 345 g/mol. The van der Waals surface area contributed by atoms with Crippen molar-refractivity contribution in [3.8, 4) is 0 Å². The molecule has 1 atom stereocenters. The molecule has 0 aliphatic heterocycles. The van der Waals surface area contributed by atoms with Crippen molar-refractivity contribution in [2.75, 3.05) is 13.7 Å². The minimum absolute atomic E-state index is 0.140. The molecular weight excluding hydrogens is 324 g/mol. The number of hydrogen-bond acceptors (Lipinski definition) is 2. The normalized spacial score (nSPS) is 17.6. The van der Waals surface area contributed by atoms with Gasteiger partial charge in [-0.1, -0.05) is 30.3 Å². The van der Waals surface area contributed by atoms with E-state index in [1.807, 2.05) is 0 Å². The van der Waals surface area contributed by atoms with Gasteiger partial charge in [-0.15, -0.1) is 0 Å². The fourth-order valence-corrected chi connectivity index (χ4v) is 3.13. The second-order valence-corrected chi connectivity index (χ2v) is 6.69. The smallest absolute Gasteiger partial charge is 0.230 e. The molecule has 0 radical (unpaired) electrons. The van der Waals surface area contributed by atoms with Gasteiger partial charge in [-0.25, -0.2) is 8.78 Å². The van der Waals surface area contributed by atoms with Crippen LogP contribution in [0.15, 0.2) is 48.5 Å². The first-order chi connectivity index (χ1) is 11.9. The van der Waals surface area contributed by atoms with Gasteiger partial charge < -0.3 is 10.1 Å². The Balaban J connectivity index is 1.75. The van der Waals surface area contributed by atoms with E-state index < -0.39 is 11.0 Å². The van der Waals surface area contributed by atoms with E-state index in [1.54, 1.807) is 37.3 Å². The summed E-state index contributed by atoms with van der Waals surface area (Å²) in [5.41, 5.74) is -0.391. The lowest BCUT2D eigenvalue weighted by Gasteiger charge is -2.30. The molecule has 1 N–H and O–H groups in total. The lowest BCUT2D eigenvalue weighted by molar-refractivity contribution is -0.125. The molecule has 2 aromatic carbocycles. The standard InChI is InChI=1S/C20H21F2NO2/c1-19(25-2,16-5-3-4-6-17(16)22)13-23-18(24)20(11-12-20)14-7-9-15(21)10-8-14/h3-10H,11-13H2,1-2H3,(H,23,24)/t19-/m0/s1. The van der Waals surface area contributed by atoms with E-state index in [1.165, 1.54) is 25.3 Å². The van der Waals surface area contributed by atoms with Crippen molar-refractivity contribution in [3.63, 3.8) is 0 Å². The molecule has 3 nitrogen and oxygen atoms in total. The van der Waals surface area contributed by atoms with Crippen LogP contribution < -0.4 is 5.32 Å². The van der Waals surface area contributed by atoms with Crippen molar-refractivity contribution in [3.05, 3.63) is 71.3 Å². The van der Waals surface area contributed by atoms with Gasteiger partial charge in [0.15, 0.2) is 0 Å². The van der Waals surface area contributed by atoms with Gasteiger partial charge in [0.1, 0.15) is 17.2 Å². The lowest BCUT2D eigenvalue weighted by Crippen LogP contribution is -2.44. The van der Waals surface area contributed by atoms with Gasteiger partial charge in [-0.2, -0.15) is 0 Å². The number of benzene rings is 2. The number of ether oxygens (including phenoxy) is 1. The molecular formula is C20H21F2NO2. The summed E-state index contributed by atoms with van der Waals surface area (Å²) in [4.78, 5) is 12.7. The van der Waals surface area contributed by atoms with Crippen LogP contribution in [0.4, 0.5) is 8.78 Å². The summed E-state index contributed by atoms with van der Waals surface area (Å²) in [5.74, 6) is -0.842. The number of halogens is 2. The Morgan fingerprint density at radius 2 is 1.80 bits per heavy atom. The van der Waals surface area contributed by atoms with Crippen LogP contribution in [0.2, 0.25) is 0 Å². The predicted molar refractivity (Wildman–Crippen MR) is 91.1 cm³/mol. The largest absolute Gasteiger partial charge is 0.372 e. The summed E-state index contributed by atoms with van der Waals surface area (Å²) in [6, 6.07) is 12.4. The first kappa shape index (κ1) is 17.5. The van der Waals surface area contributed by atoms with Crippen LogP contribution in [0.3, 0.4) is 0 Å². The third-order valence-electron chi connectivity index (χ3n) is 5.06. The molecule has 1 aliphatic rings. The van der Waals surface area contributed by atoms with Crippen molar-refractivity contribution < 1.29 is 18.3 Å². The maximum Gasteiger partial charge on any atom is 0.230 e. The highest BCUT2D eigenvalue weighted by Crippen LogP contribution is 2.48. The first-order valence-electron chi connectivity index (χ1n) is 8.26. The molecule has 0 spiro atoms. The number of carbonyl (C=O) groups is 1. The van der Waals surface area contributed by atoms with Crippen LogP contribution in [0, 0.1) is 11.6 Å². The topological polar surface area (TPSA) is 38.3 Å². The maximum atomic E-state index is 14.1. The molecule has 1 fully saturated rings. The van der Waals surface area contributed by atoms with Crippen molar-refractivity contribution in [2.45, 2.75) is 30.8 Å². The Morgan fingerprint density at radius 3 is 2.36 bits per heavy atom. The molecule has 0 bridgehead atoms. The van der Waals surface area contributed by atoms with Crippen LogP contribution in [-0.2, 0) is 20.5 Å². The maximum absolute atomic E-state index is 14.1. The van der Waals surface area contributed by atoms with E-state index in [-0.39, 0.29) is 24.1 Å². The highest BCUT2D eigenvalue weighted by atomic mass is 19.1. The van der Waals surface area contributed by atoms with E-state index in [0.29, 0.717) is 18.4 Å². The van der Waals surface area contributed by atoms with E-state index in [0.717, 1.165) is 5.56 Å². The van der Waals surface area contributed by atoms with Crippen molar-refractivity contribution >= 4 is 5.91 Å². The molecule has 1 saturated carbocycles. The third-order valence-corrected chi connectivity index (χ3v) is 5.06. The summed E-state index contributed by atoms with van der Waals surface area (Å²) in [7, 11) is 1.49. The average Bonchev–Trinajstić information content (AvgIpc) is 3.42. The van der Waals surface area contributed by atoms with Crippen LogP contribution in [0.25, 0.3) is 0 Å².